The Labute approximate surface area is 310 Å². The molecular weight excluding hydrogens is 641 g/mol. The normalized spacial score (nSPS) is 18.0. The molecule has 0 radical (unpaired) electrons. The van der Waals surface area contributed by atoms with Gasteiger partial charge in [0.1, 0.15) is 0 Å². The van der Waals surface area contributed by atoms with Crippen molar-refractivity contribution in [3.63, 3.8) is 0 Å². The molecule has 1 heterocycles. The van der Waals surface area contributed by atoms with Crippen LogP contribution < -0.4 is 9.80 Å². The second kappa shape index (κ2) is 11.3. The Morgan fingerprint density at radius 2 is 1.00 bits per heavy atom. The van der Waals surface area contributed by atoms with Crippen molar-refractivity contribution in [2.45, 2.75) is 31.2 Å². The van der Waals surface area contributed by atoms with Crippen molar-refractivity contribution in [2.75, 3.05) is 9.80 Å². The summed E-state index contributed by atoms with van der Waals surface area (Å²) in [5, 5.41) is 7.88. The first-order valence-electron chi connectivity index (χ1n) is 18.8. The molecule has 2 atom stereocenters. The Kier molecular flexibility index (Phi) is 6.46. The van der Waals surface area contributed by atoms with Crippen LogP contribution in [-0.2, 0) is 5.41 Å². The zero-order valence-electron chi connectivity index (χ0n) is 29.9. The molecule has 3 aliphatic rings. The zero-order chi connectivity index (χ0) is 35.3. The van der Waals surface area contributed by atoms with Gasteiger partial charge in [0.25, 0.3) is 0 Å². The number of anilines is 5. The lowest BCUT2D eigenvalue weighted by Gasteiger charge is -2.33. The molecule has 8 aromatic carbocycles. The van der Waals surface area contributed by atoms with Crippen LogP contribution in [0.25, 0.3) is 37.9 Å². The van der Waals surface area contributed by atoms with Crippen LogP contribution in [0.15, 0.2) is 188 Å². The van der Waals surface area contributed by atoms with E-state index in [9.17, 15) is 0 Å². The average Bonchev–Trinajstić information content (AvgIpc) is 3.65. The molecule has 2 aliphatic carbocycles. The molecule has 2 heteroatoms. The topological polar surface area (TPSA) is 6.48 Å². The second-order valence-electron chi connectivity index (χ2n) is 15.3. The molecular formula is C51H38N2. The van der Waals surface area contributed by atoms with Gasteiger partial charge in [-0.2, -0.15) is 0 Å². The Balaban J connectivity index is 1.13. The van der Waals surface area contributed by atoms with E-state index in [1.165, 1.54) is 71.5 Å². The van der Waals surface area contributed by atoms with Gasteiger partial charge in [-0.3, -0.25) is 0 Å². The van der Waals surface area contributed by atoms with Crippen molar-refractivity contribution in [3.8, 4) is 0 Å². The maximum Gasteiger partial charge on any atom is 0.0632 e. The quantitative estimate of drug-likeness (QED) is 0.171. The third-order valence-electron chi connectivity index (χ3n) is 12.1. The van der Waals surface area contributed by atoms with Crippen molar-refractivity contribution in [1.82, 2.24) is 0 Å². The van der Waals surface area contributed by atoms with E-state index in [-0.39, 0.29) is 17.4 Å². The van der Waals surface area contributed by atoms with Crippen molar-refractivity contribution >= 4 is 66.3 Å². The summed E-state index contributed by atoms with van der Waals surface area (Å²) in [7, 11) is 0. The van der Waals surface area contributed by atoms with E-state index >= 15 is 0 Å². The van der Waals surface area contributed by atoms with E-state index < -0.39 is 0 Å². The molecule has 11 rings (SSSR count). The first-order chi connectivity index (χ1) is 26.1. The highest BCUT2D eigenvalue weighted by atomic mass is 15.2. The fraction of sp³-hybridized carbons (Fsp3) is 0.0980. The van der Waals surface area contributed by atoms with Gasteiger partial charge in [0, 0.05) is 39.8 Å². The van der Waals surface area contributed by atoms with E-state index in [0.717, 1.165) is 17.1 Å². The standard InChI is InChI=1S/C51H38N2/c1-51(2)47-24-14-13-23-41(47)44-30-46-45-29-42-39-21-11-9-19-37(39)38-20-10-12-22-40(38)43(42)31-49(45)53(50(46)32-48(44)51)36-27-25-35(26-28-36)52(33-15-5-3-6-16-33)34-17-7-4-8-18-34/h3-32,46,50H,1-2H3. The summed E-state index contributed by atoms with van der Waals surface area (Å²) < 4.78 is 0. The maximum atomic E-state index is 2.63. The van der Waals surface area contributed by atoms with E-state index in [0.29, 0.717) is 0 Å². The van der Waals surface area contributed by atoms with Gasteiger partial charge in [-0.1, -0.05) is 135 Å². The Morgan fingerprint density at radius 1 is 0.491 bits per heavy atom. The smallest absolute Gasteiger partial charge is 0.0632 e. The average molecular weight is 679 g/mol. The molecule has 0 N–H and O–H groups in total. The molecule has 0 bridgehead atoms. The van der Waals surface area contributed by atoms with Crippen LogP contribution in [-0.4, -0.2) is 6.04 Å². The predicted octanol–water partition coefficient (Wildman–Crippen LogP) is 13.5. The Bertz CT molecular complexity index is 2770. The molecule has 53 heavy (non-hydrogen) atoms. The number of hydrogen-bond donors (Lipinski definition) is 0. The van der Waals surface area contributed by atoms with Crippen LogP contribution in [0, 0.1) is 0 Å². The largest absolute Gasteiger partial charge is 0.333 e. The molecule has 0 fully saturated rings. The van der Waals surface area contributed by atoms with Crippen molar-refractivity contribution in [1.29, 1.82) is 0 Å². The van der Waals surface area contributed by atoms with Crippen molar-refractivity contribution < 1.29 is 0 Å². The fourth-order valence-electron chi connectivity index (χ4n) is 9.70. The number of benzene rings is 8. The highest BCUT2D eigenvalue weighted by molar-refractivity contribution is 6.26. The summed E-state index contributed by atoms with van der Waals surface area (Å²) in [6, 6.07) is 62.6. The van der Waals surface area contributed by atoms with Gasteiger partial charge in [-0.05, 0) is 121 Å². The minimum absolute atomic E-state index is 0.0688. The van der Waals surface area contributed by atoms with Gasteiger partial charge < -0.3 is 9.80 Å². The molecule has 0 amide bonds. The lowest BCUT2D eigenvalue weighted by molar-refractivity contribution is 0.639. The highest BCUT2D eigenvalue weighted by Crippen LogP contribution is 2.58. The highest BCUT2D eigenvalue weighted by Gasteiger charge is 2.46. The number of para-hydroxylation sites is 2. The van der Waals surface area contributed by atoms with Gasteiger partial charge in [-0.15, -0.1) is 0 Å². The number of fused-ring (bicyclic) bond motifs is 12. The first kappa shape index (κ1) is 30.3. The first-order valence-corrected chi connectivity index (χ1v) is 18.8. The monoisotopic (exact) mass is 678 g/mol. The molecule has 2 unspecified atom stereocenters. The summed E-state index contributed by atoms with van der Waals surface area (Å²) in [6.07, 6.45) is 5.21. The van der Waals surface area contributed by atoms with Crippen LogP contribution in [0.4, 0.5) is 28.4 Å². The molecule has 252 valence electrons. The predicted molar refractivity (Wildman–Crippen MR) is 224 cm³/mol. The van der Waals surface area contributed by atoms with Gasteiger partial charge in [0.15, 0.2) is 0 Å². The zero-order valence-corrected chi connectivity index (χ0v) is 29.9. The Morgan fingerprint density at radius 3 is 1.62 bits per heavy atom. The minimum atomic E-state index is -0.0688. The third kappa shape index (κ3) is 4.39. The van der Waals surface area contributed by atoms with Gasteiger partial charge in [-0.25, -0.2) is 0 Å². The molecule has 0 aromatic heterocycles. The van der Waals surface area contributed by atoms with Crippen LogP contribution in [0.1, 0.15) is 36.5 Å². The summed E-state index contributed by atoms with van der Waals surface area (Å²) in [5.74, 6) is 0.213. The van der Waals surface area contributed by atoms with Crippen molar-refractivity contribution in [2.24, 2.45) is 0 Å². The third-order valence-corrected chi connectivity index (χ3v) is 12.1. The number of hydrogen-bond acceptors (Lipinski definition) is 2. The SMILES string of the molecule is CC1(C)C2=CC3C(C=C2c2ccccc21)c1cc2c4ccccc4c4ccccc4c2cc1N3c1ccc(N(c2ccccc2)c2ccccc2)cc1. The number of rotatable bonds is 4. The lowest BCUT2D eigenvalue weighted by Crippen LogP contribution is -2.31. The molecule has 0 saturated heterocycles. The van der Waals surface area contributed by atoms with Crippen molar-refractivity contribution in [3.05, 3.63) is 204 Å². The van der Waals surface area contributed by atoms with Crippen LogP contribution in [0.2, 0.25) is 0 Å². The molecule has 8 aromatic rings. The molecule has 1 aliphatic heterocycles. The molecule has 2 nitrogen and oxygen atoms in total. The second-order valence-corrected chi connectivity index (χ2v) is 15.3. The van der Waals surface area contributed by atoms with E-state index in [1.54, 1.807) is 0 Å². The minimum Gasteiger partial charge on any atom is -0.333 e. The van der Waals surface area contributed by atoms with Gasteiger partial charge >= 0.3 is 0 Å². The summed E-state index contributed by atoms with van der Waals surface area (Å²) in [5.41, 5.74) is 12.9. The summed E-state index contributed by atoms with van der Waals surface area (Å²) in [6.45, 7) is 4.79. The summed E-state index contributed by atoms with van der Waals surface area (Å²) in [4.78, 5) is 4.97. The number of nitrogens with zero attached hydrogens (tertiary/aromatic N) is 2. The van der Waals surface area contributed by atoms with Crippen LogP contribution in [0.5, 0.6) is 0 Å². The van der Waals surface area contributed by atoms with E-state index in [2.05, 4.69) is 206 Å². The molecule has 0 spiro atoms. The molecule has 0 saturated carbocycles. The van der Waals surface area contributed by atoms with Crippen LogP contribution in [0.3, 0.4) is 0 Å². The number of allylic oxidation sites excluding steroid dienone is 2. The lowest BCUT2D eigenvalue weighted by atomic mass is 9.77. The van der Waals surface area contributed by atoms with E-state index in [4.69, 9.17) is 0 Å². The van der Waals surface area contributed by atoms with Gasteiger partial charge in [0.2, 0.25) is 0 Å². The summed E-state index contributed by atoms with van der Waals surface area (Å²) >= 11 is 0. The van der Waals surface area contributed by atoms with Crippen LogP contribution >= 0.6 is 0 Å². The maximum absolute atomic E-state index is 2.63. The van der Waals surface area contributed by atoms with Gasteiger partial charge in [0.05, 0.1) is 6.04 Å². The van der Waals surface area contributed by atoms with E-state index in [1.807, 2.05) is 0 Å². The Hall–Kier alpha value is -6.38. The fourth-order valence-corrected chi connectivity index (χ4v) is 9.70.